The summed E-state index contributed by atoms with van der Waals surface area (Å²) in [6, 6.07) is 17.9. The highest BCUT2D eigenvalue weighted by atomic mass is 14.9. The molecule has 2 heteroatoms. The maximum absolute atomic E-state index is 5.40. The zero-order valence-electron chi connectivity index (χ0n) is 10.3. The second kappa shape index (κ2) is 4.83. The van der Waals surface area contributed by atoms with E-state index in [1.807, 2.05) is 48.5 Å². The first kappa shape index (κ1) is 11.3. The average Bonchev–Trinajstić information content (AvgIpc) is 2.47. The molecule has 0 aliphatic carbocycles. The fourth-order valence-electron chi connectivity index (χ4n) is 2.01. The van der Waals surface area contributed by atoms with Gasteiger partial charge in [-0.3, -0.25) is 4.98 Å². The standard InChI is InChI=1S/C17H12N2/c1-2-13-5-3-7-15(11-13)19-16-8-9-17-14(12-16)6-4-10-18-17/h1,3-12,19H. The first-order chi connectivity index (χ1) is 9.35. The van der Waals surface area contributed by atoms with Crippen LogP contribution >= 0.6 is 0 Å². The first-order valence-corrected chi connectivity index (χ1v) is 6.04. The van der Waals surface area contributed by atoms with E-state index in [0.29, 0.717) is 0 Å². The lowest BCUT2D eigenvalue weighted by Gasteiger charge is -2.07. The number of anilines is 2. The van der Waals surface area contributed by atoms with Crippen LogP contribution in [0.15, 0.2) is 60.8 Å². The summed E-state index contributed by atoms with van der Waals surface area (Å²) in [5, 5.41) is 4.46. The van der Waals surface area contributed by atoms with Gasteiger partial charge in [0.1, 0.15) is 0 Å². The van der Waals surface area contributed by atoms with Gasteiger partial charge in [0.2, 0.25) is 0 Å². The Balaban J connectivity index is 1.94. The Morgan fingerprint density at radius 2 is 1.84 bits per heavy atom. The van der Waals surface area contributed by atoms with Gasteiger partial charge in [-0.2, -0.15) is 0 Å². The minimum Gasteiger partial charge on any atom is -0.355 e. The highest BCUT2D eigenvalue weighted by molar-refractivity contribution is 5.83. The monoisotopic (exact) mass is 244 g/mol. The quantitative estimate of drug-likeness (QED) is 0.690. The highest BCUT2D eigenvalue weighted by Gasteiger charge is 1.98. The lowest BCUT2D eigenvalue weighted by Crippen LogP contribution is -1.91. The van der Waals surface area contributed by atoms with E-state index in [1.165, 1.54) is 0 Å². The summed E-state index contributed by atoms with van der Waals surface area (Å²) in [6.07, 6.45) is 7.20. The van der Waals surface area contributed by atoms with Crippen LogP contribution in [0.1, 0.15) is 5.56 Å². The van der Waals surface area contributed by atoms with Gasteiger partial charge < -0.3 is 5.32 Å². The molecule has 3 rings (SSSR count). The Labute approximate surface area is 112 Å². The van der Waals surface area contributed by atoms with E-state index in [0.717, 1.165) is 27.8 Å². The van der Waals surface area contributed by atoms with E-state index in [-0.39, 0.29) is 0 Å². The summed E-state index contributed by atoms with van der Waals surface area (Å²) in [5.74, 6) is 2.63. The second-order valence-electron chi connectivity index (χ2n) is 4.26. The molecule has 19 heavy (non-hydrogen) atoms. The van der Waals surface area contributed by atoms with Crippen LogP contribution in [0, 0.1) is 12.3 Å². The fourth-order valence-corrected chi connectivity index (χ4v) is 2.01. The highest BCUT2D eigenvalue weighted by Crippen LogP contribution is 2.21. The van der Waals surface area contributed by atoms with E-state index < -0.39 is 0 Å². The molecule has 90 valence electrons. The maximum Gasteiger partial charge on any atom is 0.0703 e. The molecule has 0 atom stereocenters. The van der Waals surface area contributed by atoms with Crippen molar-refractivity contribution in [3.63, 3.8) is 0 Å². The number of hydrogen-bond donors (Lipinski definition) is 1. The molecular weight excluding hydrogens is 232 g/mol. The topological polar surface area (TPSA) is 24.9 Å². The third-order valence-electron chi connectivity index (χ3n) is 2.92. The summed E-state index contributed by atoms with van der Waals surface area (Å²) in [7, 11) is 0. The van der Waals surface area contributed by atoms with Crippen molar-refractivity contribution in [1.29, 1.82) is 0 Å². The zero-order valence-corrected chi connectivity index (χ0v) is 10.3. The van der Waals surface area contributed by atoms with Crippen molar-refractivity contribution in [2.24, 2.45) is 0 Å². The van der Waals surface area contributed by atoms with E-state index >= 15 is 0 Å². The molecule has 0 spiro atoms. The van der Waals surface area contributed by atoms with Crippen molar-refractivity contribution in [1.82, 2.24) is 4.98 Å². The minimum atomic E-state index is 0.868. The molecule has 1 N–H and O–H groups in total. The summed E-state index contributed by atoms with van der Waals surface area (Å²) in [4.78, 5) is 4.30. The van der Waals surface area contributed by atoms with Gasteiger partial charge in [0.05, 0.1) is 5.52 Å². The van der Waals surface area contributed by atoms with Crippen LogP contribution in [0.3, 0.4) is 0 Å². The Morgan fingerprint density at radius 1 is 0.947 bits per heavy atom. The molecule has 0 saturated heterocycles. The van der Waals surface area contributed by atoms with Crippen molar-refractivity contribution < 1.29 is 0 Å². The maximum atomic E-state index is 5.40. The lowest BCUT2D eigenvalue weighted by atomic mass is 10.1. The van der Waals surface area contributed by atoms with Gasteiger partial charge in [0, 0.05) is 28.5 Å². The molecule has 0 fully saturated rings. The molecule has 0 bridgehead atoms. The number of nitrogens with zero attached hydrogens (tertiary/aromatic N) is 1. The SMILES string of the molecule is C#Cc1cccc(Nc2ccc3ncccc3c2)c1. The number of terminal acetylenes is 1. The van der Waals surface area contributed by atoms with Crippen molar-refractivity contribution in [3.05, 3.63) is 66.4 Å². The number of hydrogen-bond acceptors (Lipinski definition) is 2. The first-order valence-electron chi connectivity index (χ1n) is 6.04. The van der Waals surface area contributed by atoms with Crippen molar-refractivity contribution in [2.45, 2.75) is 0 Å². The molecule has 0 aliphatic rings. The van der Waals surface area contributed by atoms with Crippen molar-refractivity contribution in [2.75, 3.05) is 5.32 Å². The van der Waals surface area contributed by atoms with Crippen molar-refractivity contribution >= 4 is 22.3 Å². The normalized spacial score (nSPS) is 10.1. The minimum absolute atomic E-state index is 0.868. The van der Waals surface area contributed by atoms with Gasteiger partial charge in [0.15, 0.2) is 0 Å². The van der Waals surface area contributed by atoms with Gasteiger partial charge in [-0.25, -0.2) is 0 Å². The molecule has 2 aromatic carbocycles. The summed E-state index contributed by atoms with van der Waals surface area (Å²) < 4.78 is 0. The molecule has 1 heterocycles. The largest absolute Gasteiger partial charge is 0.355 e. The van der Waals surface area contributed by atoms with Gasteiger partial charge in [-0.05, 0) is 42.5 Å². The molecular formula is C17H12N2. The third-order valence-corrected chi connectivity index (χ3v) is 2.92. The Morgan fingerprint density at radius 3 is 2.74 bits per heavy atom. The fraction of sp³-hybridized carbons (Fsp3) is 0. The predicted molar refractivity (Wildman–Crippen MR) is 79.4 cm³/mol. The van der Waals surface area contributed by atoms with Crippen molar-refractivity contribution in [3.8, 4) is 12.3 Å². The lowest BCUT2D eigenvalue weighted by molar-refractivity contribution is 1.41. The Hall–Kier alpha value is -2.79. The predicted octanol–water partition coefficient (Wildman–Crippen LogP) is 3.96. The molecule has 3 aromatic rings. The molecule has 2 nitrogen and oxygen atoms in total. The Kier molecular flexibility index (Phi) is 2.88. The van der Waals surface area contributed by atoms with Crippen LogP contribution in [0.4, 0.5) is 11.4 Å². The molecule has 0 saturated carbocycles. The molecule has 1 aromatic heterocycles. The second-order valence-corrected chi connectivity index (χ2v) is 4.26. The van der Waals surface area contributed by atoms with Gasteiger partial charge in [-0.1, -0.05) is 18.1 Å². The molecule has 0 radical (unpaired) electrons. The van der Waals surface area contributed by atoms with Crippen LogP contribution in [0.2, 0.25) is 0 Å². The van der Waals surface area contributed by atoms with Crippen LogP contribution < -0.4 is 5.32 Å². The Bertz CT molecular complexity index is 769. The van der Waals surface area contributed by atoms with E-state index in [4.69, 9.17) is 6.42 Å². The number of nitrogens with one attached hydrogen (secondary N) is 1. The number of rotatable bonds is 2. The van der Waals surface area contributed by atoms with Gasteiger partial charge >= 0.3 is 0 Å². The van der Waals surface area contributed by atoms with E-state index in [2.05, 4.69) is 22.3 Å². The number of pyridine rings is 1. The molecule has 0 amide bonds. The number of fused-ring (bicyclic) bond motifs is 1. The number of aromatic nitrogens is 1. The van der Waals surface area contributed by atoms with Crippen LogP contribution in [0.5, 0.6) is 0 Å². The molecule has 0 aliphatic heterocycles. The summed E-state index contributed by atoms with van der Waals surface area (Å²) in [6.45, 7) is 0. The number of benzene rings is 2. The zero-order chi connectivity index (χ0) is 13.1. The summed E-state index contributed by atoms with van der Waals surface area (Å²) in [5.41, 5.74) is 3.87. The van der Waals surface area contributed by atoms with E-state index in [1.54, 1.807) is 6.20 Å². The van der Waals surface area contributed by atoms with Crippen LogP contribution in [-0.2, 0) is 0 Å². The van der Waals surface area contributed by atoms with Crippen LogP contribution in [0.25, 0.3) is 10.9 Å². The third kappa shape index (κ3) is 2.41. The molecule has 0 unspecified atom stereocenters. The van der Waals surface area contributed by atoms with Crippen LogP contribution in [-0.4, -0.2) is 4.98 Å². The summed E-state index contributed by atoms with van der Waals surface area (Å²) >= 11 is 0. The van der Waals surface area contributed by atoms with E-state index in [9.17, 15) is 0 Å². The smallest absolute Gasteiger partial charge is 0.0703 e. The van der Waals surface area contributed by atoms with Gasteiger partial charge in [-0.15, -0.1) is 6.42 Å². The van der Waals surface area contributed by atoms with Gasteiger partial charge in [0.25, 0.3) is 0 Å². The average molecular weight is 244 g/mol.